The van der Waals surface area contributed by atoms with Crippen LogP contribution in [0.1, 0.15) is 20.3 Å². The van der Waals surface area contributed by atoms with Crippen LogP contribution in [-0.2, 0) is 0 Å². The number of nitrogens with one attached hydrogen (secondary N) is 1. The Hall–Kier alpha value is -1.66. The van der Waals surface area contributed by atoms with Gasteiger partial charge in [0, 0.05) is 38.4 Å². The molecule has 0 radical (unpaired) electrons. The number of aromatic amines is 1. The third-order valence-electron chi connectivity index (χ3n) is 4.21. The van der Waals surface area contributed by atoms with Gasteiger partial charge >= 0.3 is 0 Å². The normalized spacial score (nSPS) is 21.9. The van der Waals surface area contributed by atoms with Gasteiger partial charge < -0.3 is 15.0 Å². The van der Waals surface area contributed by atoms with Crippen molar-refractivity contribution in [3.05, 3.63) is 18.6 Å². The van der Waals surface area contributed by atoms with E-state index in [9.17, 15) is 5.11 Å². The molecule has 0 unspecified atom stereocenters. The van der Waals surface area contributed by atoms with E-state index in [-0.39, 0.29) is 6.10 Å². The highest BCUT2D eigenvalue weighted by atomic mass is 16.3. The molecular formula is C15H23N5O. The first kappa shape index (κ1) is 14.3. The van der Waals surface area contributed by atoms with E-state index in [0.29, 0.717) is 6.04 Å². The van der Waals surface area contributed by atoms with Crippen molar-refractivity contribution >= 4 is 16.9 Å². The fourth-order valence-electron chi connectivity index (χ4n) is 3.16. The maximum absolute atomic E-state index is 9.63. The number of aliphatic hydroxyl groups excluding tert-OH is 1. The van der Waals surface area contributed by atoms with E-state index in [4.69, 9.17) is 0 Å². The summed E-state index contributed by atoms with van der Waals surface area (Å²) in [6.45, 7) is 7.64. The minimum absolute atomic E-state index is 0.277. The molecule has 0 bridgehead atoms. The Morgan fingerprint density at radius 1 is 1.43 bits per heavy atom. The van der Waals surface area contributed by atoms with Crippen LogP contribution < -0.4 is 4.90 Å². The summed E-state index contributed by atoms with van der Waals surface area (Å²) < 4.78 is 0. The standard InChI is InChI=1S/C15H23N5O/c1-3-12-9-20(7-6-19(12)8-11(2)21)15-13-4-5-16-14(13)17-10-18-15/h4-5,10-12,21H,3,6-9H2,1-2H3,(H,16,17,18)/t11-,12+/m1/s1. The van der Waals surface area contributed by atoms with Gasteiger partial charge in [-0.15, -0.1) is 0 Å². The molecule has 6 nitrogen and oxygen atoms in total. The molecule has 114 valence electrons. The van der Waals surface area contributed by atoms with Crippen LogP contribution in [0.4, 0.5) is 5.82 Å². The van der Waals surface area contributed by atoms with Gasteiger partial charge in [-0.05, 0) is 19.4 Å². The van der Waals surface area contributed by atoms with E-state index in [2.05, 4.69) is 31.7 Å². The number of rotatable bonds is 4. The molecule has 3 heterocycles. The van der Waals surface area contributed by atoms with Crippen LogP contribution in [0, 0.1) is 0 Å². The summed E-state index contributed by atoms with van der Waals surface area (Å²) in [4.78, 5) is 16.6. The zero-order chi connectivity index (χ0) is 14.8. The average Bonchev–Trinajstić information content (AvgIpc) is 2.95. The van der Waals surface area contributed by atoms with Crippen molar-refractivity contribution < 1.29 is 5.11 Å². The van der Waals surface area contributed by atoms with Crippen molar-refractivity contribution in [1.82, 2.24) is 19.9 Å². The maximum Gasteiger partial charge on any atom is 0.142 e. The average molecular weight is 289 g/mol. The Balaban J connectivity index is 1.80. The van der Waals surface area contributed by atoms with E-state index in [1.165, 1.54) is 0 Å². The van der Waals surface area contributed by atoms with E-state index in [1.807, 2.05) is 19.2 Å². The molecule has 2 N–H and O–H groups in total. The maximum atomic E-state index is 9.63. The fourth-order valence-corrected chi connectivity index (χ4v) is 3.16. The Bertz CT molecular complexity index is 597. The highest BCUT2D eigenvalue weighted by molar-refractivity contribution is 5.87. The largest absolute Gasteiger partial charge is 0.392 e. The van der Waals surface area contributed by atoms with Gasteiger partial charge in [0.05, 0.1) is 11.5 Å². The summed E-state index contributed by atoms with van der Waals surface area (Å²) in [5, 5.41) is 10.7. The molecular weight excluding hydrogens is 266 g/mol. The van der Waals surface area contributed by atoms with Gasteiger partial charge in [0.15, 0.2) is 0 Å². The van der Waals surface area contributed by atoms with E-state index < -0.39 is 0 Å². The van der Waals surface area contributed by atoms with Gasteiger partial charge in [-0.1, -0.05) is 6.92 Å². The third-order valence-corrected chi connectivity index (χ3v) is 4.21. The second-order valence-electron chi connectivity index (χ2n) is 5.79. The lowest BCUT2D eigenvalue weighted by molar-refractivity contribution is 0.0885. The number of H-pyrrole nitrogens is 1. The lowest BCUT2D eigenvalue weighted by Gasteiger charge is -2.42. The first-order chi connectivity index (χ1) is 10.2. The molecule has 1 fully saturated rings. The van der Waals surface area contributed by atoms with Crippen molar-refractivity contribution in [3.63, 3.8) is 0 Å². The zero-order valence-corrected chi connectivity index (χ0v) is 12.7. The van der Waals surface area contributed by atoms with Crippen LogP contribution in [-0.4, -0.2) is 63.3 Å². The lowest BCUT2D eigenvalue weighted by Crippen LogP contribution is -2.54. The van der Waals surface area contributed by atoms with E-state index in [1.54, 1.807) is 6.33 Å². The van der Waals surface area contributed by atoms with Gasteiger partial charge in [-0.2, -0.15) is 0 Å². The SMILES string of the molecule is CC[C@H]1CN(c2ncnc3[nH]ccc23)CCN1C[C@@H](C)O. The summed E-state index contributed by atoms with van der Waals surface area (Å²) in [5.74, 6) is 1.01. The number of fused-ring (bicyclic) bond motifs is 1. The fraction of sp³-hybridized carbons (Fsp3) is 0.600. The summed E-state index contributed by atoms with van der Waals surface area (Å²) >= 11 is 0. The zero-order valence-electron chi connectivity index (χ0n) is 12.7. The van der Waals surface area contributed by atoms with Crippen molar-refractivity contribution in [2.75, 3.05) is 31.1 Å². The summed E-state index contributed by atoms with van der Waals surface area (Å²) in [7, 11) is 0. The minimum Gasteiger partial charge on any atom is -0.392 e. The van der Waals surface area contributed by atoms with Crippen LogP contribution in [0.3, 0.4) is 0 Å². The molecule has 0 spiro atoms. The van der Waals surface area contributed by atoms with Gasteiger partial charge in [-0.25, -0.2) is 9.97 Å². The van der Waals surface area contributed by atoms with Gasteiger partial charge in [0.25, 0.3) is 0 Å². The molecule has 2 aromatic rings. The number of hydrogen-bond donors (Lipinski definition) is 2. The highest BCUT2D eigenvalue weighted by Crippen LogP contribution is 2.25. The monoisotopic (exact) mass is 289 g/mol. The van der Waals surface area contributed by atoms with Crippen molar-refractivity contribution in [3.8, 4) is 0 Å². The molecule has 0 saturated carbocycles. The first-order valence-electron chi connectivity index (χ1n) is 7.64. The summed E-state index contributed by atoms with van der Waals surface area (Å²) in [5.41, 5.74) is 0.888. The van der Waals surface area contributed by atoms with E-state index in [0.717, 1.165) is 49.5 Å². The number of anilines is 1. The number of hydrogen-bond acceptors (Lipinski definition) is 5. The Morgan fingerprint density at radius 3 is 3.05 bits per heavy atom. The Labute approximate surface area is 124 Å². The number of β-amino-alcohol motifs (C(OH)–C–C–N with tert-alkyl or cyclic N) is 1. The van der Waals surface area contributed by atoms with Crippen LogP contribution in [0.5, 0.6) is 0 Å². The summed E-state index contributed by atoms with van der Waals surface area (Å²) in [6, 6.07) is 2.49. The molecule has 3 rings (SSSR count). The second-order valence-corrected chi connectivity index (χ2v) is 5.79. The highest BCUT2D eigenvalue weighted by Gasteiger charge is 2.28. The molecule has 0 amide bonds. The smallest absolute Gasteiger partial charge is 0.142 e. The number of nitrogens with zero attached hydrogens (tertiary/aromatic N) is 4. The molecule has 1 saturated heterocycles. The van der Waals surface area contributed by atoms with Gasteiger partial charge in [0.1, 0.15) is 17.8 Å². The summed E-state index contributed by atoms with van der Waals surface area (Å²) in [6.07, 6.45) is 4.33. The van der Waals surface area contributed by atoms with Crippen molar-refractivity contribution in [1.29, 1.82) is 0 Å². The molecule has 2 atom stereocenters. The first-order valence-corrected chi connectivity index (χ1v) is 7.64. The third kappa shape index (κ3) is 2.87. The molecule has 2 aromatic heterocycles. The molecule has 21 heavy (non-hydrogen) atoms. The van der Waals surface area contributed by atoms with Gasteiger partial charge in [0.2, 0.25) is 0 Å². The Kier molecular flexibility index (Phi) is 4.07. The minimum atomic E-state index is -0.277. The van der Waals surface area contributed by atoms with Crippen LogP contribution in [0.2, 0.25) is 0 Å². The quantitative estimate of drug-likeness (QED) is 0.886. The predicted molar refractivity (Wildman–Crippen MR) is 83.4 cm³/mol. The topological polar surface area (TPSA) is 68.3 Å². The molecule has 0 aromatic carbocycles. The molecule has 6 heteroatoms. The lowest BCUT2D eigenvalue weighted by atomic mass is 10.1. The number of aliphatic hydroxyl groups is 1. The molecule has 1 aliphatic heterocycles. The molecule has 1 aliphatic rings. The van der Waals surface area contributed by atoms with Gasteiger partial charge in [-0.3, -0.25) is 4.90 Å². The predicted octanol–water partition coefficient (Wildman–Crippen LogP) is 1.24. The van der Waals surface area contributed by atoms with Crippen LogP contribution in [0.15, 0.2) is 18.6 Å². The molecule has 0 aliphatic carbocycles. The Morgan fingerprint density at radius 2 is 2.29 bits per heavy atom. The van der Waals surface area contributed by atoms with Crippen molar-refractivity contribution in [2.24, 2.45) is 0 Å². The van der Waals surface area contributed by atoms with E-state index >= 15 is 0 Å². The second kappa shape index (κ2) is 5.99. The van der Waals surface area contributed by atoms with Crippen LogP contribution in [0.25, 0.3) is 11.0 Å². The number of aromatic nitrogens is 3. The van der Waals surface area contributed by atoms with Crippen LogP contribution >= 0.6 is 0 Å². The van der Waals surface area contributed by atoms with Crippen molar-refractivity contribution in [2.45, 2.75) is 32.4 Å². The number of piperazine rings is 1.